The van der Waals surface area contributed by atoms with Crippen LogP contribution in [0.15, 0.2) is 24.3 Å². The number of nitrogens with one attached hydrogen (secondary N) is 1. The predicted octanol–water partition coefficient (Wildman–Crippen LogP) is 3.04. The molecule has 1 aliphatic heterocycles. The lowest BCUT2D eigenvalue weighted by molar-refractivity contribution is -0.117. The van der Waals surface area contributed by atoms with Crippen LogP contribution in [0.25, 0.3) is 0 Å². The molecule has 1 aliphatic rings. The van der Waals surface area contributed by atoms with E-state index < -0.39 is 0 Å². The van der Waals surface area contributed by atoms with Crippen LogP contribution >= 0.6 is 0 Å². The summed E-state index contributed by atoms with van der Waals surface area (Å²) in [6.07, 6.45) is 2.58. The first kappa shape index (κ1) is 14.9. The van der Waals surface area contributed by atoms with Crippen molar-refractivity contribution < 1.29 is 9.53 Å². The lowest BCUT2D eigenvalue weighted by Crippen LogP contribution is -2.25. The van der Waals surface area contributed by atoms with E-state index in [9.17, 15) is 4.79 Å². The van der Waals surface area contributed by atoms with Crippen LogP contribution in [0.2, 0.25) is 0 Å². The van der Waals surface area contributed by atoms with Gasteiger partial charge in [0.1, 0.15) is 0 Å². The third kappa shape index (κ3) is 3.73. The Balaban J connectivity index is 1.87. The Morgan fingerprint density at radius 3 is 2.55 bits per heavy atom. The number of rotatable bonds is 6. The highest BCUT2D eigenvalue weighted by Gasteiger charge is 2.21. The van der Waals surface area contributed by atoms with Crippen LogP contribution in [-0.2, 0) is 9.53 Å². The quantitative estimate of drug-likeness (QED) is 0.868. The SMILES string of the molecule is COC(C)(C)CCNc1ccc(N2CCCC2=O)cc1. The zero-order valence-corrected chi connectivity index (χ0v) is 12.6. The number of amides is 1. The van der Waals surface area contributed by atoms with Gasteiger partial charge in [-0.2, -0.15) is 0 Å². The molecule has 20 heavy (non-hydrogen) atoms. The molecule has 4 heteroatoms. The number of methoxy groups -OCH3 is 1. The number of carbonyl (C=O) groups is 1. The molecule has 1 N–H and O–H groups in total. The van der Waals surface area contributed by atoms with Gasteiger partial charge in [0.2, 0.25) is 5.91 Å². The summed E-state index contributed by atoms with van der Waals surface area (Å²) in [5, 5.41) is 3.38. The van der Waals surface area contributed by atoms with Gasteiger partial charge in [-0.25, -0.2) is 0 Å². The van der Waals surface area contributed by atoms with E-state index in [0.29, 0.717) is 6.42 Å². The van der Waals surface area contributed by atoms with Crippen LogP contribution in [0.1, 0.15) is 33.1 Å². The van der Waals surface area contributed by atoms with Crippen molar-refractivity contribution in [3.63, 3.8) is 0 Å². The number of anilines is 2. The largest absolute Gasteiger partial charge is 0.385 e. The van der Waals surface area contributed by atoms with Crippen molar-refractivity contribution in [2.75, 3.05) is 30.4 Å². The standard InChI is InChI=1S/C16H24N2O2/c1-16(2,20-3)10-11-17-13-6-8-14(9-7-13)18-12-4-5-15(18)19/h6-9,17H,4-5,10-12H2,1-3H3. The van der Waals surface area contributed by atoms with Gasteiger partial charge in [0.05, 0.1) is 5.60 Å². The van der Waals surface area contributed by atoms with Crippen LogP contribution in [0.3, 0.4) is 0 Å². The molecule has 0 atom stereocenters. The first-order valence-electron chi connectivity index (χ1n) is 7.21. The maximum atomic E-state index is 11.7. The molecule has 0 spiro atoms. The van der Waals surface area contributed by atoms with Crippen molar-refractivity contribution in [3.8, 4) is 0 Å². The summed E-state index contributed by atoms with van der Waals surface area (Å²) in [4.78, 5) is 13.5. The van der Waals surface area contributed by atoms with Gasteiger partial charge in [-0.3, -0.25) is 4.79 Å². The first-order valence-corrected chi connectivity index (χ1v) is 7.21. The van der Waals surface area contributed by atoms with Gasteiger partial charge in [-0.05, 0) is 51.0 Å². The minimum Gasteiger partial charge on any atom is -0.385 e. The van der Waals surface area contributed by atoms with E-state index in [2.05, 4.69) is 19.2 Å². The first-order chi connectivity index (χ1) is 9.52. The zero-order valence-electron chi connectivity index (χ0n) is 12.6. The highest BCUT2D eigenvalue weighted by Crippen LogP contribution is 2.23. The Morgan fingerprint density at radius 2 is 2.00 bits per heavy atom. The Morgan fingerprint density at radius 1 is 1.30 bits per heavy atom. The molecule has 0 aliphatic carbocycles. The number of hydrogen-bond acceptors (Lipinski definition) is 3. The van der Waals surface area contributed by atoms with Crippen molar-refractivity contribution in [1.82, 2.24) is 0 Å². The maximum Gasteiger partial charge on any atom is 0.227 e. The van der Waals surface area contributed by atoms with Crippen molar-refractivity contribution >= 4 is 17.3 Å². The van der Waals surface area contributed by atoms with Gasteiger partial charge in [0.15, 0.2) is 0 Å². The van der Waals surface area contributed by atoms with Gasteiger partial charge >= 0.3 is 0 Å². The second-order valence-electron chi connectivity index (χ2n) is 5.84. The van der Waals surface area contributed by atoms with Gasteiger partial charge in [0.25, 0.3) is 0 Å². The van der Waals surface area contributed by atoms with E-state index in [1.165, 1.54) is 0 Å². The Labute approximate surface area is 121 Å². The molecule has 2 rings (SSSR count). The molecule has 0 saturated carbocycles. The van der Waals surface area contributed by atoms with Crippen LogP contribution in [0, 0.1) is 0 Å². The molecule has 1 saturated heterocycles. The fourth-order valence-corrected chi connectivity index (χ4v) is 2.29. The molecular formula is C16H24N2O2. The summed E-state index contributed by atoms with van der Waals surface area (Å²) >= 11 is 0. The third-order valence-corrected chi connectivity index (χ3v) is 3.86. The fraction of sp³-hybridized carbons (Fsp3) is 0.562. The minimum absolute atomic E-state index is 0.102. The molecule has 0 unspecified atom stereocenters. The average molecular weight is 276 g/mol. The fourth-order valence-electron chi connectivity index (χ4n) is 2.29. The molecule has 1 amide bonds. The molecule has 1 aromatic carbocycles. The van der Waals surface area contributed by atoms with Gasteiger partial charge in [-0.15, -0.1) is 0 Å². The van der Waals surface area contributed by atoms with Crippen molar-refractivity contribution in [1.29, 1.82) is 0 Å². The Kier molecular flexibility index (Phi) is 4.65. The Hall–Kier alpha value is -1.55. The smallest absolute Gasteiger partial charge is 0.227 e. The second kappa shape index (κ2) is 6.27. The van der Waals surface area contributed by atoms with E-state index in [1.54, 1.807) is 7.11 Å². The molecule has 1 heterocycles. The number of benzene rings is 1. The number of hydrogen-bond donors (Lipinski definition) is 1. The monoisotopic (exact) mass is 276 g/mol. The van der Waals surface area contributed by atoms with E-state index in [-0.39, 0.29) is 11.5 Å². The van der Waals surface area contributed by atoms with Crippen LogP contribution in [-0.4, -0.2) is 31.7 Å². The van der Waals surface area contributed by atoms with E-state index in [1.807, 2.05) is 29.2 Å². The molecule has 0 bridgehead atoms. The summed E-state index contributed by atoms with van der Waals surface area (Å²) in [6, 6.07) is 8.07. The molecular weight excluding hydrogens is 252 g/mol. The number of carbonyl (C=O) groups excluding carboxylic acids is 1. The van der Waals surface area contributed by atoms with Crippen molar-refractivity contribution in [2.45, 2.75) is 38.7 Å². The summed E-state index contributed by atoms with van der Waals surface area (Å²) in [6.45, 7) is 5.87. The summed E-state index contributed by atoms with van der Waals surface area (Å²) < 4.78 is 5.39. The molecule has 0 radical (unpaired) electrons. The van der Waals surface area contributed by atoms with Gasteiger partial charge < -0.3 is 15.0 Å². The topological polar surface area (TPSA) is 41.6 Å². The van der Waals surface area contributed by atoms with E-state index >= 15 is 0 Å². The molecule has 1 aromatic rings. The maximum absolute atomic E-state index is 11.7. The predicted molar refractivity (Wildman–Crippen MR) is 82.2 cm³/mol. The number of nitrogens with zero attached hydrogens (tertiary/aromatic N) is 1. The lowest BCUT2D eigenvalue weighted by atomic mass is 10.1. The lowest BCUT2D eigenvalue weighted by Gasteiger charge is -2.23. The Bertz CT molecular complexity index is 454. The van der Waals surface area contributed by atoms with Crippen LogP contribution < -0.4 is 10.2 Å². The third-order valence-electron chi connectivity index (χ3n) is 3.86. The summed E-state index contributed by atoms with van der Waals surface area (Å²) in [5.74, 6) is 0.229. The van der Waals surface area contributed by atoms with Crippen molar-refractivity contribution in [2.24, 2.45) is 0 Å². The zero-order chi connectivity index (χ0) is 14.6. The molecule has 4 nitrogen and oxygen atoms in total. The summed E-state index contributed by atoms with van der Waals surface area (Å²) in [7, 11) is 1.74. The second-order valence-corrected chi connectivity index (χ2v) is 5.84. The summed E-state index contributed by atoms with van der Waals surface area (Å²) in [5.41, 5.74) is 1.97. The van der Waals surface area contributed by atoms with Crippen molar-refractivity contribution in [3.05, 3.63) is 24.3 Å². The molecule has 110 valence electrons. The van der Waals surface area contributed by atoms with E-state index in [0.717, 1.165) is 37.3 Å². The van der Waals surface area contributed by atoms with Crippen LogP contribution in [0.5, 0.6) is 0 Å². The number of ether oxygens (including phenoxy) is 1. The van der Waals surface area contributed by atoms with Gasteiger partial charge in [-0.1, -0.05) is 0 Å². The minimum atomic E-state index is -0.102. The van der Waals surface area contributed by atoms with E-state index in [4.69, 9.17) is 4.74 Å². The molecule has 0 aromatic heterocycles. The highest BCUT2D eigenvalue weighted by atomic mass is 16.5. The normalized spacial score (nSPS) is 15.8. The van der Waals surface area contributed by atoms with Crippen LogP contribution in [0.4, 0.5) is 11.4 Å². The highest BCUT2D eigenvalue weighted by molar-refractivity contribution is 5.95. The average Bonchev–Trinajstić information content (AvgIpc) is 2.86. The van der Waals surface area contributed by atoms with Gasteiger partial charge in [0, 0.05) is 38.0 Å². The molecule has 1 fully saturated rings.